The molecular weight excluding hydrogens is 489 g/mol. The van der Waals surface area contributed by atoms with E-state index in [1.807, 2.05) is 41.1 Å². The Morgan fingerprint density at radius 2 is 1.97 bits per heavy atom. The van der Waals surface area contributed by atoms with E-state index in [2.05, 4.69) is 20.1 Å². The quantitative estimate of drug-likeness (QED) is 0.515. The number of nitrogens with zero attached hydrogens (tertiary/aromatic N) is 4. The van der Waals surface area contributed by atoms with Crippen molar-refractivity contribution in [2.24, 2.45) is 0 Å². The molecule has 1 aromatic carbocycles. The first kappa shape index (κ1) is 24.9. The summed E-state index contributed by atoms with van der Waals surface area (Å²) >= 11 is 0. The van der Waals surface area contributed by atoms with Crippen molar-refractivity contribution in [3.63, 3.8) is 0 Å². The summed E-state index contributed by atoms with van der Waals surface area (Å²) in [4.78, 5) is 18.8. The van der Waals surface area contributed by atoms with Gasteiger partial charge in [-0.25, -0.2) is 9.78 Å². The largest absolute Gasteiger partial charge is 0.573 e. The smallest absolute Gasteiger partial charge is 0.402 e. The lowest BCUT2D eigenvalue weighted by atomic mass is 9.82. The van der Waals surface area contributed by atoms with Crippen molar-refractivity contribution in [3.05, 3.63) is 59.9 Å². The Morgan fingerprint density at radius 1 is 1.22 bits per heavy atom. The fourth-order valence-corrected chi connectivity index (χ4v) is 5.18. The van der Waals surface area contributed by atoms with Gasteiger partial charge in [-0.1, -0.05) is 30.3 Å². The monoisotopic (exact) mass is 516 g/mol. The molecule has 1 saturated heterocycles. The van der Waals surface area contributed by atoms with Crippen molar-refractivity contribution < 1.29 is 27.4 Å². The zero-order valence-electron chi connectivity index (χ0n) is 20.2. The molecule has 1 unspecified atom stereocenters. The molecule has 2 amide bonds. The lowest BCUT2D eigenvalue weighted by molar-refractivity contribution is -0.274. The molecule has 2 atom stereocenters. The molecule has 196 valence electrons. The molecule has 0 aliphatic carbocycles. The van der Waals surface area contributed by atoms with Gasteiger partial charge in [-0.15, -0.1) is 13.2 Å². The van der Waals surface area contributed by atoms with Gasteiger partial charge in [0.1, 0.15) is 0 Å². The Kier molecular flexibility index (Phi) is 6.44. The number of urea groups is 1. The summed E-state index contributed by atoms with van der Waals surface area (Å²) in [6, 6.07) is 12.3. The van der Waals surface area contributed by atoms with Gasteiger partial charge in [0.25, 0.3) is 0 Å². The van der Waals surface area contributed by atoms with Gasteiger partial charge in [-0.2, -0.15) is 5.10 Å². The average molecular weight is 517 g/mol. The number of ether oxygens (including phenoxy) is 2. The summed E-state index contributed by atoms with van der Waals surface area (Å²) < 4.78 is 49.4. The molecule has 3 N–H and O–H groups in total. The highest BCUT2D eigenvalue weighted by molar-refractivity contribution is 5.75. The number of nitrogens with two attached hydrogens (primary N) is 1. The minimum Gasteiger partial charge on any atom is -0.402 e. The number of aromatic nitrogens is 3. The number of benzene rings is 1. The van der Waals surface area contributed by atoms with Crippen molar-refractivity contribution in [2.75, 3.05) is 32.5 Å². The summed E-state index contributed by atoms with van der Waals surface area (Å²) in [5.41, 5.74) is 8.03. The second-order valence-electron chi connectivity index (χ2n) is 9.36. The van der Waals surface area contributed by atoms with Crippen LogP contribution in [0.4, 0.5) is 23.8 Å². The first-order valence-corrected chi connectivity index (χ1v) is 11.9. The normalized spacial score (nSPS) is 19.7. The molecule has 0 saturated carbocycles. The topological polar surface area (TPSA) is 108 Å². The number of amides is 2. The maximum Gasteiger partial charge on any atom is 0.573 e. The third-order valence-corrected chi connectivity index (χ3v) is 7.00. The van der Waals surface area contributed by atoms with Gasteiger partial charge >= 0.3 is 12.4 Å². The van der Waals surface area contributed by atoms with Crippen LogP contribution in [0.1, 0.15) is 30.1 Å². The van der Waals surface area contributed by atoms with Crippen molar-refractivity contribution in [1.82, 2.24) is 25.0 Å². The first-order valence-electron chi connectivity index (χ1n) is 11.9. The molecule has 2 aliphatic heterocycles. The average Bonchev–Trinajstić information content (AvgIpc) is 3.57. The standard InChI is InChI=1S/C25H27F3N6O3/c1-36-14-19(16-5-3-2-4-6-16)31-23(35)33-9-7-24(15-33)8-10-34-21(24)12-18(32-34)17-11-20(22(29)30-13-17)37-25(26,27)28/h2-6,11-13,19H,7-10,14-15H2,1H3,(H2,29,30)(H,31,35)/t19-,24?/m1/s1. The van der Waals surface area contributed by atoms with Crippen LogP contribution in [0.3, 0.4) is 0 Å². The molecule has 2 aromatic heterocycles. The molecule has 1 spiro atoms. The summed E-state index contributed by atoms with van der Waals surface area (Å²) in [5, 5.41) is 7.67. The molecule has 37 heavy (non-hydrogen) atoms. The number of nitrogen functional groups attached to an aromatic ring is 1. The number of pyridine rings is 1. The number of nitrogens with one attached hydrogen (secondary N) is 1. The Bertz CT molecular complexity index is 1280. The van der Waals surface area contributed by atoms with E-state index in [0.717, 1.165) is 24.1 Å². The molecule has 12 heteroatoms. The Morgan fingerprint density at radius 3 is 2.70 bits per heavy atom. The lowest BCUT2D eigenvalue weighted by Gasteiger charge is -2.26. The fraction of sp³-hybridized carbons (Fsp3) is 0.400. The van der Waals surface area contributed by atoms with Crippen LogP contribution < -0.4 is 15.8 Å². The third kappa shape index (κ3) is 5.06. The highest BCUT2D eigenvalue weighted by atomic mass is 19.4. The minimum atomic E-state index is -4.88. The highest BCUT2D eigenvalue weighted by Gasteiger charge is 2.47. The van der Waals surface area contributed by atoms with Crippen LogP contribution in [0.2, 0.25) is 0 Å². The zero-order chi connectivity index (χ0) is 26.2. The predicted molar refractivity (Wildman–Crippen MR) is 129 cm³/mol. The Labute approximate surface area is 211 Å². The van der Waals surface area contributed by atoms with Crippen LogP contribution in [-0.4, -0.2) is 58.9 Å². The summed E-state index contributed by atoms with van der Waals surface area (Å²) in [6.07, 6.45) is -1.93. The van der Waals surface area contributed by atoms with Crippen LogP contribution >= 0.6 is 0 Å². The molecule has 9 nitrogen and oxygen atoms in total. The molecule has 2 aliphatic rings. The number of anilines is 1. The van der Waals surface area contributed by atoms with Gasteiger partial charge in [0.05, 0.1) is 18.3 Å². The number of hydrogen-bond acceptors (Lipinski definition) is 6. The number of rotatable bonds is 6. The number of aryl methyl sites for hydroxylation is 1. The molecule has 3 aromatic rings. The molecular formula is C25H27F3N6O3. The van der Waals surface area contributed by atoms with Crippen molar-refractivity contribution in [3.8, 4) is 17.0 Å². The van der Waals surface area contributed by atoms with Crippen LogP contribution in [0.25, 0.3) is 11.3 Å². The maximum absolute atomic E-state index is 13.2. The second-order valence-corrected chi connectivity index (χ2v) is 9.36. The van der Waals surface area contributed by atoms with Crippen molar-refractivity contribution in [1.29, 1.82) is 0 Å². The van der Waals surface area contributed by atoms with E-state index in [-0.39, 0.29) is 23.3 Å². The number of carbonyl (C=O) groups excluding carboxylic acids is 1. The van der Waals surface area contributed by atoms with E-state index < -0.39 is 12.1 Å². The van der Waals surface area contributed by atoms with E-state index in [1.165, 1.54) is 12.3 Å². The van der Waals surface area contributed by atoms with Gasteiger partial charge in [0.15, 0.2) is 11.6 Å². The van der Waals surface area contributed by atoms with Crippen molar-refractivity contribution in [2.45, 2.75) is 37.2 Å². The SMILES string of the molecule is COC[C@@H](NC(=O)N1CCC2(CCn3nc(-c4cnc(N)c(OC(F)(F)F)c4)cc32)C1)c1ccccc1. The van der Waals surface area contributed by atoms with Gasteiger partial charge < -0.3 is 25.4 Å². The van der Waals surface area contributed by atoms with Gasteiger partial charge in [-0.3, -0.25) is 4.68 Å². The van der Waals surface area contributed by atoms with Crippen LogP contribution in [0.15, 0.2) is 48.7 Å². The molecule has 4 heterocycles. The molecule has 0 bridgehead atoms. The van der Waals surface area contributed by atoms with E-state index in [0.29, 0.717) is 37.5 Å². The maximum atomic E-state index is 13.2. The Hall–Kier alpha value is -3.80. The lowest BCUT2D eigenvalue weighted by Crippen LogP contribution is -2.43. The second kappa shape index (κ2) is 9.58. The van der Waals surface area contributed by atoms with Gasteiger partial charge in [0.2, 0.25) is 0 Å². The van der Waals surface area contributed by atoms with E-state index >= 15 is 0 Å². The number of fused-ring (bicyclic) bond motifs is 2. The summed E-state index contributed by atoms with van der Waals surface area (Å²) in [7, 11) is 1.60. The molecule has 5 rings (SSSR count). The molecule has 1 fully saturated rings. The number of methoxy groups -OCH3 is 1. The first-order chi connectivity index (χ1) is 17.7. The number of alkyl halides is 3. The predicted octanol–water partition coefficient (Wildman–Crippen LogP) is 3.87. The van der Waals surface area contributed by atoms with Gasteiger partial charge in [-0.05, 0) is 30.5 Å². The zero-order valence-corrected chi connectivity index (χ0v) is 20.2. The summed E-state index contributed by atoms with van der Waals surface area (Å²) in [5.74, 6) is -0.926. The van der Waals surface area contributed by atoms with Crippen LogP contribution in [0, 0.1) is 0 Å². The van der Waals surface area contributed by atoms with Crippen LogP contribution in [0.5, 0.6) is 5.75 Å². The Balaban J connectivity index is 1.33. The van der Waals surface area contributed by atoms with Crippen molar-refractivity contribution >= 4 is 11.8 Å². The number of likely N-dealkylation sites (tertiary alicyclic amines) is 1. The van der Waals surface area contributed by atoms with Crippen LogP contribution in [-0.2, 0) is 16.7 Å². The number of hydrogen-bond donors (Lipinski definition) is 2. The van der Waals surface area contributed by atoms with E-state index in [4.69, 9.17) is 10.5 Å². The highest BCUT2D eigenvalue weighted by Crippen LogP contribution is 2.44. The van der Waals surface area contributed by atoms with Gasteiger partial charge in [0, 0.05) is 49.6 Å². The number of halogens is 3. The number of carbonyl (C=O) groups is 1. The fourth-order valence-electron chi connectivity index (χ4n) is 5.18. The third-order valence-electron chi connectivity index (χ3n) is 7.00. The van der Waals surface area contributed by atoms with E-state index in [1.54, 1.807) is 12.0 Å². The summed E-state index contributed by atoms with van der Waals surface area (Å²) in [6.45, 7) is 2.09. The minimum absolute atomic E-state index is 0.169. The molecule has 0 radical (unpaired) electrons. The van der Waals surface area contributed by atoms with E-state index in [9.17, 15) is 18.0 Å².